The molecule has 3 heterocycles. The van der Waals surface area contributed by atoms with E-state index in [4.69, 9.17) is 4.98 Å². The van der Waals surface area contributed by atoms with Crippen LogP contribution in [0.1, 0.15) is 30.6 Å². The lowest BCUT2D eigenvalue weighted by molar-refractivity contribution is 0.389. The average molecular weight is 309 g/mol. The Balaban J connectivity index is 1.49. The second-order valence-electron chi connectivity index (χ2n) is 6.36. The van der Waals surface area contributed by atoms with Crippen LogP contribution in [0, 0.1) is 5.82 Å². The molecule has 1 saturated carbocycles. The SMILES string of the molecule is Fc1cncnc1N1CC(n2c(C3CC3)nc3ccccc32)C1. The summed E-state index contributed by atoms with van der Waals surface area (Å²) in [5.41, 5.74) is 2.24. The predicted octanol–water partition coefficient (Wildman–Crippen LogP) is 2.90. The number of rotatable bonds is 3. The van der Waals surface area contributed by atoms with Crippen LogP contribution in [0.15, 0.2) is 36.8 Å². The molecule has 6 heteroatoms. The maximum Gasteiger partial charge on any atom is 0.183 e. The van der Waals surface area contributed by atoms with Crippen LogP contribution >= 0.6 is 0 Å². The summed E-state index contributed by atoms with van der Waals surface area (Å²) in [6, 6.07) is 8.60. The Bertz CT molecular complexity index is 880. The van der Waals surface area contributed by atoms with Gasteiger partial charge >= 0.3 is 0 Å². The van der Waals surface area contributed by atoms with Crippen molar-refractivity contribution in [3.05, 3.63) is 48.4 Å². The largest absolute Gasteiger partial charge is 0.350 e. The van der Waals surface area contributed by atoms with E-state index in [1.54, 1.807) is 0 Å². The number of imidazole rings is 1. The van der Waals surface area contributed by atoms with Gasteiger partial charge in [-0.3, -0.25) is 0 Å². The molecule has 2 aliphatic rings. The van der Waals surface area contributed by atoms with Crippen molar-refractivity contribution in [2.24, 2.45) is 0 Å². The third-order valence-corrected chi connectivity index (χ3v) is 4.74. The second-order valence-corrected chi connectivity index (χ2v) is 6.36. The first-order valence-electron chi connectivity index (χ1n) is 7.98. The van der Waals surface area contributed by atoms with E-state index in [9.17, 15) is 4.39 Å². The van der Waals surface area contributed by atoms with E-state index in [-0.39, 0.29) is 5.82 Å². The van der Waals surface area contributed by atoms with E-state index in [1.807, 2.05) is 11.0 Å². The fourth-order valence-corrected chi connectivity index (χ4v) is 3.41. The third kappa shape index (κ3) is 2.01. The van der Waals surface area contributed by atoms with Gasteiger partial charge in [-0.2, -0.15) is 0 Å². The Labute approximate surface area is 132 Å². The van der Waals surface area contributed by atoms with Crippen LogP contribution in [0.5, 0.6) is 0 Å². The van der Waals surface area contributed by atoms with Gasteiger partial charge in [-0.25, -0.2) is 19.3 Å². The maximum absolute atomic E-state index is 13.8. The monoisotopic (exact) mass is 309 g/mol. The van der Waals surface area contributed by atoms with Gasteiger partial charge < -0.3 is 9.47 Å². The molecule has 0 spiro atoms. The third-order valence-electron chi connectivity index (χ3n) is 4.74. The van der Waals surface area contributed by atoms with Gasteiger partial charge in [0.2, 0.25) is 0 Å². The zero-order valence-electron chi connectivity index (χ0n) is 12.6. The van der Waals surface area contributed by atoms with Gasteiger partial charge in [0.25, 0.3) is 0 Å². The summed E-state index contributed by atoms with van der Waals surface area (Å²) in [7, 11) is 0. The number of hydrogen-bond donors (Lipinski definition) is 0. The molecule has 0 radical (unpaired) electrons. The van der Waals surface area contributed by atoms with Crippen molar-refractivity contribution in [1.29, 1.82) is 0 Å². The molecule has 3 aromatic rings. The topological polar surface area (TPSA) is 46.8 Å². The minimum Gasteiger partial charge on any atom is -0.350 e. The molecule has 1 aliphatic heterocycles. The number of halogens is 1. The lowest BCUT2D eigenvalue weighted by Crippen LogP contribution is -2.49. The highest BCUT2D eigenvalue weighted by molar-refractivity contribution is 5.76. The highest BCUT2D eigenvalue weighted by Gasteiger charge is 2.37. The Kier molecular flexibility index (Phi) is 2.68. The van der Waals surface area contributed by atoms with Gasteiger partial charge in [0.05, 0.1) is 23.3 Å². The summed E-state index contributed by atoms with van der Waals surface area (Å²) in [6.07, 6.45) is 5.06. The van der Waals surface area contributed by atoms with E-state index >= 15 is 0 Å². The molecule has 0 bridgehead atoms. The normalized spacial score (nSPS) is 18.4. The van der Waals surface area contributed by atoms with Gasteiger partial charge in [-0.1, -0.05) is 12.1 Å². The maximum atomic E-state index is 13.8. The summed E-state index contributed by atoms with van der Waals surface area (Å²) < 4.78 is 16.2. The zero-order valence-corrected chi connectivity index (χ0v) is 12.6. The molecule has 2 fully saturated rings. The summed E-state index contributed by atoms with van der Waals surface area (Å²) in [5, 5.41) is 0. The molecule has 116 valence electrons. The fraction of sp³-hybridized carbons (Fsp3) is 0.353. The second kappa shape index (κ2) is 4.75. The Hall–Kier alpha value is -2.50. The molecular formula is C17H16FN5. The van der Waals surface area contributed by atoms with Crippen LogP contribution < -0.4 is 4.90 Å². The highest BCUT2D eigenvalue weighted by atomic mass is 19.1. The smallest absolute Gasteiger partial charge is 0.183 e. The van der Waals surface area contributed by atoms with Gasteiger partial charge in [0.1, 0.15) is 12.2 Å². The molecule has 5 rings (SSSR count). The minimum atomic E-state index is -0.358. The first-order chi connectivity index (χ1) is 11.3. The van der Waals surface area contributed by atoms with Crippen molar-refractivity contribution in [2.75, 3.05) is 18.0 Å². The Morgan fingerprint density at radius 1 is 1.13 bits per heavy atom. The lowest BCUT2D eigenvalue weighted by atomic mass is 10.1. The summed E-state index contributed by atoms with van der Waals surface area (Å²) >= 11 is 0. The molecule has 2 aromatic heterocycles. The molecule has 1 saturated heterocycles. The summed E-state index contributed by atoms with van der Waals surface area (Å²) in [6.45, 7) is 1.52. The van der Waals surface area contributed by atoms with Crippen molar-refractivity contribution in [1.82, 2.24) is 19.5 Å². The van der Waals surface area contributed by atoms with E-state index in [2.05, 4.69) is 32.7 Å². The predicted molar refractivity (Wildman–Crippen MR) is 84.9 cm³/mol. The number of fused-ring (bicyclic) bond motifs is 1. The van der Waals surface area contributed by atoms with E-state index in [0.717, 1.165) is 18.6 Å². The molecule has 1 aliphatic carbocycles. The van der Waals surface area contributed by atoms with Crippen molar-refractivity contribution >= 4 is 16.9 Å². The summed E-state index contributed by atoms with van der Waals surface area (Å²) in [4.78, 5) is 14.6. The van der Waals surface area contributed by atoms with Gasteiger partial charge in [0, 0.05) is 19.0 Å². The van der Waals surface area contributed by atoms with Crippen LogP contribution in [0.25, 0.3) is 11.0 Å². The number of benzene rings is 1. The molecule has 0 amide bonds. The molecule has 1 aromatic carbocycles. The van der Waals surface area contributed by atoms with Crippen molar-refractivity contribution in [3.63, 3.8) is 0 Å². The molecule has 23 heavy (non-hydrogen) atoms. The molecule has 5 nitrogen and oxygen atoms in total. The average Bonchev–Trinajstić information content (AvgIpc) is 3.30. The van der Waals surface area contributed by atoms with Gasteiger partial charge in [0.15, 0.2) is 11.6 Å². The van der Waals surface area contributed by atoms with Gasteiger partial charge in [-0.05, 0) is 25.0 Å². The highest BCUT2D eigenvalue weighted by Crippen LogP contribution is 2.43. The van der Waals surface area contributed by atoms with Crippen LogP contribution in [0.2, 0.25) is 0 Å². The number of hydrogen-bond acceptors (Lipinski definition) is 4. The van der Waals surface area contributed by atoms with E-state index in [1.165, 1.54) is 36.7 Å². The number of anilines is 1. The molecule has 0 N–H and O–H groups in total. The lowest BCUT2D eigenvalue weighted by Gasteiger charge is -2.41. The number of aromatic nitrogens is 4. The summed E-state index contributed by atoms with van der Waals surface area (Å²) in [5.74, 6) is 1.82. The number of nitrogens with zero attached hydrogens (tertiary/aromatic N) is 5. The minimum absolute atomic E-state index is 0.326. The Morgan fingerprint density at radius 2 is 1.96 bits per heavy atom. The van der Waals surface area contributed by atoms with Crippen LogP contribution in [-0.2, 0) is 0 Å². The fourth-order valence-electron chi connectivity index (χ4n) is 3.41. The molecule has 0 atom stereocenters. The first kappa shape index (κ1) is 13.0. The standard InChI is InChI=1S/C17H16FN5/c18-13-7-19-10-20-17(13)22-8-12(9-22)23-15-4-2-1-3-14(15)21-16(23)11-5-6-11/h1-4,7,10-12H,5-6,8-9H2. The Morgan fingerprint density at radius 3 is 2.74 bits per heavy atom. The van der Waals surface area contributed by atoms with Crippen LogP contribution in [0.3, 0.4) is 0 Å². The van der Waals surface area contributed by atoms with E-state index < -0.39 is 0 Å². The quantitative estimate of drug-likeness (QED) is 0.746. The van der Waals surface area contributed by atoms with Crippen molar-refractivity contribution < 1.29 is 4.39 Å². The van der Waals surface area contributed by atoms with Gasteiger partial charge in [-0.15, -0.1) is 0 Å². The molecule has 0 unspecified atom stereocenters. The van der Waals surface area contributed by atoms with Crippen LogP contribution in [0.4, 0.5) is 10.2 Å². The first-order valence-corrected chi connectivity index (χ1v) is 7.98. The van der Waals surface area contributed by atoms with Crippen LogP contribution in [-0.4, -0.2) is 32.6 Å². The van der Waals surface area contributed by atoms with E-state index in [0.29, 0.717) is 17.8 Å². The zero-order chi connectivity index (χ0) is 15.4. The van der Waals surface area contributed by atoms with Crippen molar-refractivity contribution in [3.8, 4) is 0 Å². The van der Waals surface area contributed by atoms with Crippen molar-refractivity contribution in [2.45, 2.75) is 24.8 Å². The number of para-hydroxylation sites is 2. The molecular weight excluding hydrogens is 293 g/mol.